The Morgan fingerprint density at radius 2 is 1.94 bits per heavy atom. The zero-order valence-electron chi connectivity index (χ0n) is 10.1. The van der Waals surface area contributed by atoms with Crippen molar-refractivity contribution in [3.63, 3.8) is 0 Å². The molecule has 3 heteroatoms. The number of benzene rings is 1. The van der Waals surface area contributed by atoms with Crippen molar-refractivity contribution in [1.29, 1.82) is 0 Å². The Balaban J connectivity index is 2.41. The number of likely N-dealkylation sites (N-methyl/N-ethyl adjacent to an activating group) is 1. The Hall–Kier alpha value is -0.900. The van der Waals surface area contributed by atoms with Gasteiger partial charge in [-0.05, 0) is 12.1 Å². The Morgan fingerprint density at radius 3 is 2.56 bits per heavy atom. The van der Waals surface area contributed by atoms with E-state index in [4.69, 9.17) is 9.47 Å². The SMILES string of the molecule is CCNC(COCCOC)c1ccccc1. The normalized spacial score (nSPS) is 12.6. The third kappa shape index (κ3) is 4.75. The van der Waals surface area contributed by atoms with Crippen molar-refractivity contribution in [3.05, 3.63) is 35.9 Å². The quantitative estimate of drug-likeness (QED) is 0.684. The van der Waals surface area contributed by atoms with E-state index in [1.54, 1.807) is 7.11 Å². The largest absolute Gasteiger partial charge is 0.382 e. The fraction of sp³-hybridized carbons (Fsp3) is 0.538. The Morgan fingerprint density at radius 1 is 1.19 bits per heavy atom. The van der Waals surface area contributed by atoms with Crippen molar-refractivity contribution in [2.24, 2.45) is 0 Å². The zero-order valence-corrected chi connectivity index (χ0v) is 10.1. The van der Waals surface area contributed by atoms with Crippen LogP contribution in [0.2, 0.25) is 0 Å². The standard InChI is InChI=1S/C13H21NO2/c1-3-14-13(11-16-10-9-15-2)12-7-5-4-6-8-12/h4-8,13-14H,3,9-11H2,1-2H3. The number of ether oxygens (including phenoxy) is 2. The Kier molecular flexibility index (Phi) is 6.81. The molecule has 0 fully saturated rings. The summed E-state index contributed by atoms with van der Waals surface area (Å²) in [5, 5.41) is 3.41. The lowest BCUT2D eigenvalue weighted by atomic mass is 10.1. The lowest BCUT2D eigenvalue weighted by molar-refractivity contribution is 0.0588. The molecule has 1 rings (SSSR count). The van der Waals surface area contributed by atoms with Crippen LogP contribution in [0.25, 0.3) is 0 Å². The highest BCUT2D eigenvalue weighted by atomic mass is 16.5. The minimum absolute atomic E-state index is 0.267. The molecule has 0 radical (unpaired) electrons. The molecule has 1 aromatic rings. The first-order valence-corrected chi connectivity index (χ1v) is 5.73. The van der Waals surface area contributed by atoms with Gasteiger partial charge in [-0.2, -0.15) is 0 Å². The van der Waals surface area contributed by atoms with Crippen LogP contribution in [0.4, 0.5) is 0 Å². The fourth-order valence-electron chi connectivity index (χ4n) is 1.55. The molecule has 1 atom stereocenters. The number of methoxy groups -OCH3 is 1. The van der Waals surface area contributed by atoms with E-state index in [1.807, 2.05) is 6.07 Å². The third-order valence-corrected chi connectivity index (χ3v) is 2.37. The van der Waals surface area contributed by atoms with Crippen LogP contribution < -0.4 is 5.32 Å². The first-order chi connectivity index (χ1) is 7.88. The number of nitrogens with one attached hydrogen (secondary N) is 1. The summed E-state index contributed by atoms with van der Waals surface area (Å²) >= 11 is 0. The van der Waals surface area contributed by atoms with Gasteiger partial charge >= 0.3 is 0 Å². The van der Waals surface area contributed by atoms with Gasteiger partial charge in [0.2, 0.25) is 0 Å². The molecule has 1 N–H and O–H groups in total. The molecule has 0 saturated heterocycles. The average Bonchev–Trinajstić information content (AvgIpc) is 2.34. The molecule has 0 aliphatic carbocycles. The van der Waals surface area contributed by atoms with Crippen LogP contribution >= 0.6 is 0 Å². The van der Waals surface area contributed by atoms with E-state index in [1.165, 1.54) is 5.56 Å². The lowest BCUT2D eigenvalue weighted by Gasteiger charge is -2.18. The van der Waals surface area contributed by atoms with Crippen molar-refractivity contribution in [2.45, 2.75) is 13.0 Å². The predicted molar refractivity (Wildman–Crippen MR) is 65.6 cm³/mol. The van der Waals surface area contributed by atoms with Gasteiger partial charge < -0.3 is 14.8 Å². The zero-order chi connectivity index (χ0) is 11.6. The molecular weight excluding hydrogens is 202 g/mol. The smallest absolute Gasteiger partial charge is 0.0701 e. The number of rotatable bonds is 8. The van der Waals surface area contributed by atoms with Crippen LogP contribution in [0, 0.1) is 0 Å². The highest BCUT2D eigenvalue weighted by Crippen LogP contribution is 2.12. The summed E-state index contributed by atoms with van der Waals surface area (Å²) in [4.78, 5) is 0. The van der Waals surface area contributed by atoms with Gasteiger partial charge in [-0.15, -0.1) is 0 Å². The molecule has 0 aromatic heterocycles. The third-order valence-electron chi connectivity index (χ3n) is 2.37. The van der Waals surface area contributed by atoms with E-state index < -0.39 is 0 Å². The van der Waals surface area contributed by atoms with E-state index in [0.29, 0.717) is 19.8 Å². The van der Waals surface area contributed by atoms with Gasteiger partial charge in [-0.3, -0.25) is 0 Å². The molecule has 0 amide bonds. The number of hydrogen-bond donors (Lipinski definition) is 1. The molecule has 0 aliphatic heterocycles. The van der Waals surface area contributed by atoms with Gasteiger partial charge in [-0.1, -0.05) is 37.3 Å². The Labute approximate surface area is 97.8 Å². The van der Waals surface area contributed by atoms with Crippen molar-refractivity contribution in [2.75, 3.05) is 33.5 Å². The van der Waals surface area contributed by atoms with Gasteiger partial charge in [0.05, 0.1) is 25.9 Å². The molecule has 16 heavy (non-hydrogen) atoms. The van der Waals surface area contributed by atoms with Crippen molar-refractivity contribution >= 4 is 0 Å². The van der Waals surface area contributed by atoms with Crippen molar-refractivity contribution in [1.82, 2.24) is 5.32 Å². The molecule has 1 unspecified atom stereocenters. The van der Waals surface area contributed by atoms with Gasteiger partial charge in [-0.25, -0.2) is 0 Å². The average molecular weight is 223 g/mol. The van der Waals surface area contributed by atoms with Crippen LogP contribution in [0.3, 0.4) is 0 Å². The molecule has 0 spiro atoms. The minimum atomic E-state index is 0.267. The molecule has 0 aliphatic rings. The maximum atomic E-state index is 5.56. The predicted octanol–water partition coefficient (Wildman–Crippen LogP) is 2.00. The highest BCUT2D eigenvalue weighted by molar-refractivity contribution is 5.18. The van der Waals surface area contributed by atoms with Gasteiger partial charge in [0.15, 0.2) is 0 Å². The summed E-state index contributed by atoms with van der Waals surface area (Å²) in [5.41, 5.74) is 1.27. The molecular formula is C13H21NO2. The fourth-order valence-corrected chi connectivity index (χ4v) is 1.55. The molecule has 0 bridgehead atoms. The van der Waals surface area contributed by atoms with Crippen LogP contribution in [0.15, 0.2) is 30.3 Å². The summed E-state index contributed by atoms with van der Waals surface area (Å²) in [6.45, 7) is 5.01. The monoisotopic (exact) mass is 223 g/mol. The summed E-state index contributed by atoms with van der Waals surface area (Å²) in [6.07, 6.45) is 0. The minimum Gasteiger partial charge on any atom is -0.382 e. The van der Waals surface area contributed by atoms with Gasteiger partial charge in [0.1, 0.15) is 0 Å². The van der Waals surface area contributed by atoms with Gasteiger partial charge in [0.25, 0.3) is 0 Å². The van der Waals surface area contributed by atoms with E-state index in [9.17, 15) is 0 Å². The van der Waals surface area contributed by atoms with Gasteiger partial charge in [0, 0.05) is 7.11 Å². The second kappa shape index (κ2) is 8.28. The van der Waals surface area contributed by atoms with Crippen molar-refractivity contribution < 1.29 is 9.47 Å². The first kappa shape index (κ1) is 13.2. The highest BCUT2D eigenvalue weighted by Gasteiger charge is 2.09. The van der Waals surface area contributed by atoms with E-state index >= 15 is 0 Å². The second-order valence-corrected chi connectivity index (χ2v) is 3.59. The van der Waals surface area contributed by atoms with Crippen LogP contribution in [0.1, 0.15) is 18.5 Å². The second-order valence-electron chi connectivity index (χ2n) is 3.59. The Bertz CT molecular complexity index is 264. The van der Waals surface area contributed by atoms with E-state index in [0.717, 1.165) is 6.54 Å². The van der Waals surface area contributed by atoms with Crippen LogP contribution in [-0.2, 0) is 9.47 Å². The first-order valence-electron chi connectivity index (χ1n) is 5.73. The summed E-state index contributed by atoms with van der Waals surface area (Å²) in [7, 11) is 1.68. The summed E-state index contributed by atoms with van der Waals surface area (Å²) in [6, 6.07) is 10.6. The van der Waals surface area contributed by atoms with Crippen LogP contribution in [0.5, 0.6) is 0 Å². The molecule has 0 heterocycles. The van der Waals surface area contributed by atoms with E-state index in [-0.39, 0.29) is 6.04 Å². The molecule has 3 nitrogen and oxygen atoms in total. The lowest BCUT2D eigenvalue weighted by Crippen LogP contribution is -2.25. The number of hydrogen-bond acceptors (Lipinski definition) is 3. The topological polar surface area (TPSA) is 30.5 Å². The molecule has 0 saturated carbocycles. The molecule has 1 aromatic carbocycles. The van der Waals surface area contributed by atoms with Crippen LogP contribution in [-0.4, -0.2) is 33.5 Å². The summed E-state index contributed by atoms with van der Waals surface area (Å²) in [5.74, 6) is 0. The summed E-state index contributed by atoms with van der Waals surface area (Å²) < 4.78 is 10.5. The van der Waals surface area contributed by atoms with E-state index in [2.05, 4.69) is 36.5 Å². The maximum Gasteiger partial charge on any atom is 0.0701 e. The van der Waals surface area contributed by atoms with Crippen molar-refractivity contribution in [3.8, 4) is 0 Å². The maximum absolute atomic E-state index is 5.56. The molecule has 90 valence electrons.